The van der Waals surface area contributed by atoms with E-state index in [9.17, 15) is 19.7 Å². The van der Waals surface area contributed by atoms with Gasteiger partial charge in [-0.05, 0) is 75.7 Å². The molecular weight excluding hydrogens is 582 g/mol. The van der Waals surface area contributed by atoms with E-state index in [1.54, 1.807) is 19.9 Å². The van der Waals surface area contributed by atoms with Crippen LogP contribution in [0.4, 0.5) is 5.69 Å². The smallest absolute Gasteiger partial charge is 0.336 e. The number of thioether (sulfide) groups is 1. The van der Waals surface area contributed by atoms with Gasteiger partial charge in [0.05, 0.1) is 42.8 Å². The normalized spacial score (nSPS) is 13.2. The van der Waals surface area contributed by atoms with Crippen molar-refractivity contribution in [1.29, 1.82) is 0 Å². The zero-order valence-electron chi connectivity index (χ0n) is 24.3. The maximum absolute atomic E-state index is 12.9. The van der Waals surface area contributed by atoms with Crippen LogP contribution in [-0.4, -0.2) is 56.5 Å². The summed E-state index contributed by atoms with van der Waals surface area (Å²) in [6.07, 6.45) is 2.75. The number of non-ortho nitro benzene ring substituents is 1. The number of nitrogens with zero attached hydrogens (tertiary/aromatic N) is 1. The average molecular weight is 620 g/mol. The summed E-state index contributed by atoms with van der Waals surface area (Å²) in [7, 11) is 2.52. The molecule has 0 unspecified atom stereocenters. The van der Waals surface area contributed by atoms with Gasteiger partial charge in [-0.2, -0.15) is 0 Å². The quantitative estimate of drug-likeness (QED) is 0.0863. The molecule has 0 spiro atoms. The number of hydrogen-bond acceptors (Lipinski definition) is 10. The number of dihydropyridines is 1. The summed E-state index contributed by atoms with van der Waals surface area (Å²) in [4.78, 5) is 37.7. The zero-order chi connectivity index (χ0) is 29.8. The molecule has 10 nitrogen and oxygen atoms in total. The van der Waals surface area contributed by atoms with Crippen LogP contribution in [0.5, 0.6) is 5.75 Å². The molecule has 0 aromatic heterocycles. The molecule has 0 saturated heterocycles. The van der Waals surface area contributed by atoms with Crippen LogP contribution >= 0.6 is 24.2 Å². The number of methoxy groups -OCH3 is 2. The van der Waals surface area contributed by atoms with Gasteiger partial charge in [0.25, 0.3) is 5.69 Å². The molecular formula is C30H38ClN3O7S. The fraction of sp³-hybridized carbons (Fsp3) is 0.400. The number of rotatable bonds is 15. The van der Waals surface area contributed by atoms with Gasteiger partial charge >= 0.3 is 11.9 Å². The van der Waals surface area contributed by atoms with Crippen LogP contribution in [0.15, 0.2) is 76.0 Å². The van der Waals surface area contributed by atoms with Gasteiger partial charge in [-0.3, -0.25) is 10.1 Å². The van der Waals surface area contributed by atoms with Crippen molar-refractivity contribution in [3.8, 4) is 5.75 Å². The lowest BCUT2D eigenvalue weighted by Gasteiger charge is -2.31. The third-order valence-electron chi connectivity index (χ3n) is 6.60. The molecule has 1 aliphatic heterocycles. The SMILES string of the molecule is COC(=O)C1=C(C)NC(C)=C(C(=O)OC)C1c1cc([N+](=O)[O-])ccc1SCCCCNCCCOc1ccccc1.Cl. The highest BCUT2D eigenvalue weighted by atomic mass is 35.5. The highest BCUT2D eigenvalue weighted by Crippen LogP contribution is 2.44. The number of allylic oxidation sites excluding steroid dienone is 2. The standard InChI is InChI=1S/C30H37N3O7S.ClH/c1-20-26(29(34)38-3)28(27(21(2)32-20)30(35)39-4)24-19-22(33(36)37)13-14-25(24)41-18-9-8-15-31-16-10-17-40-23-11-6-5-7-12-23;/h5-7,11-14,19,28,31-32H,8-10,15-18H2,1-4H3;1H. The van der Waals surface area contributed by atoms with E-state index < -0.39 is 22.8 Å². The Labute approximate surface area is 256 Å². The maximum atomic E-state index is 12.9. The molecule has 2 aromatic rings. The number of esters is 2. The second kappa shape index (κ2) is 17.4. The Morgan fingerprint density at radius 3 is 2.17 bits per heavy atom. The lowest BCUT2D eigenvalue weighted by molar-refractivity contribution is -0.385. The third kappa shape index (κ3) is 9.23. The van der Waals surface area contributed by atoms with Gasteiger partial charge in [0.15, 0.2) is 0 Å². The zero-order valence-corrected chi connectivity index (χ0v) is 25.9. The summed E-state index contributed by atoms with van der Waals surface area (Å²) in [5.41, 5.74) is 1.79. The van der Waals surface area contributed by atoms with Gasteiger partial charge in [-0.15, -0.1) is 24.2 Å². The topological polar surface area (TPSA) is 129 Å². The number of hydrogen-bond donors (Lipinski definition) is 2. The first kappa shape index (κ1) is 34.7. The average Bonchev–Trinajstić information content (AvgIpc) is 2.97. The molecule has 0 fully saturated rings. The Bertz CT molecular complexity index is 1260. The van der Waals surface area contributed by atoms with Crippen molar-refractivity contribution in [3.63, 3.8) is 0 Å². The number of unbranched alkanes of at least 4 members (excludes halogenated alkanes) is 1. The second-order valence-electron chi connectivity index (χ2n) is 9.42. The molecule has 1 aliphatic rings. The maximum Gasteiger partial charge on any atom is 0.336 e. The van der Waals surface area contributed by atoms with E-state index in [0.717, 1.165) is 48.7 Å². The molecule has 0 aliphatic carbocycles. The number of benzene rings is 2. The molecule has 0 amide bonds. The van der Waals surface area contributed by atoms with Gasteiger partial charge in [-0.1, -0.05) is 18.2 Å². The highest BCUT2D eigenvalue weighted by Gasteiger charge is 2.39. The summed E-state index contributed by atoms with van der Waals surface area (Å²) in [6, 6.07) is 14.3. The van der Waals surface area contributed by atoms with E-state index in [-0.39, 0.29) is 29.2 Å². The minimum absolute atomic E-state index is 0. The highest BCUT2D eigenvalue weighted by molar-refractivity contribution is 7.99. The molecule has 0 radical (unpaired) electrons. The predicted octanol–water partition coefficient (Wildman–Crippen LogP) is 5.53. The summed E-state index contributed by atoms with van der Waals surface area (Å²) in [5, 5.41) is 18.2. The van der Waals surface area contributed by atoms with E-state index >= 15 is 0 Å². The Morgan fingerprint density at radius 1 is 0.952 bits per heavy atom. The summed E-state index contributed by atoms with van der Waals surface area (Å²) < 4.78 is 15.8. The number of nitro groups is 1. The largest absolute Gasteiger partial charge is 0.494 e. The minimum Gasteiger partial charge on any atom is -0.494 e. The number of carbonyl (C=O) groups is 2. The second-order valence-corrected chi connectivity index (χ2v) is 10.6. The van der Waals surface area contributed by atoms with E-state index in [4.69, 9.17) is 14.2 Å². The number of nitrogens with one attached hydrogen (secondary N) is 2. The van der Waals surface area contributed by atoms with Crippen molar-refractivity contribution in [2.24, 2.45) is 0 Å². The molecule has 0 saturated carbocycles. The van der Waals surface area contributed by atoms with Crippen LogP contribution < -0.4 is 15.4 Å². The van der Waals surface area contributed by atoms with Gasteiger partial charge in [0.2, 0.25) is 0 Å². The molecule has 2 aromatic carbocycles. The first-order chi connectivity index (χ1) is 19.8. The Kier molecular flexibility index (Phi) is 14.4. The van der Waals surface area contributed by atoms with Gasteiger partial charge in [0, 0.05) is 28.4 Å². The molecule has 228 valence electrons. The number of nitro benzene ring substituents is 1. The van der Waals surface area contributed by atoms with Gasteiger partial charge in [0.1, 0.15) is 5.75 Å². The summed E-state index contributed by atoms with van der Waals surface area (Å²) in [5.74, 6) is -0.527. The molecule has 0 atom stereocenters. The van der Waals surface area contributed by atoms with Crippen LogP contribution in [-0.2, 0) is 19.1 Å². The molecule has 0 bridgehead atoms. The third-order valence-corrected chi connectivity index (χ3v) is 7.78. The fourth-order valence-electron chi connectivity index (χ4n) is 4.64. The van der Waals surface area contributed by atoms with Gasteiger partial charge in [-0.25, -0.2) is 9.59 Å². The van der Waals surface area contributed by atoms with E-state index in [1.165, 1.54) is 38.1 Å². The Hall–Kier alpha value is -3.54. The Morgan fingerprint density at radius 2 is 1.57 bits per heavy atom. The summed E-state index contributed by atoms with van der Waals surface area (Å²) >= 11 is 1.54. The number of para-hydroxylation sites is 1. The van der Waals surface area contributed by atoms with Crippen LogP contribution in [0.1, 0.15) is 44.6 Å². The number of ether oxygens (including phenoxy) is 3. The lowest BCUT2D eigenvalue weighted by Crippen LogP contribution is -2.32. The summed E-state index contributed by atoms with van der Waals surface area (Å²) in [6.45, 7) is 5.78. The van der Waals surface area contributed by atoms with Crippen LogP contribution in [0.2, 0.25) is 0 Å². The molecule has 12 heteroatoms. The fourth-order valence-corrected chi connectivity index (χ4v) is 5.71. The van der Waals surface area contributed by atoms with Crippen molar-refractivity contribution < 1.29 is 28.7 Å². The molecule has 1 heterocycles. The number of carbonyl (C=O) groups excluding carboxylic acids is 2. The van der Waals surface area contributed by atoms with Crippen LogP contribution in [0.3, 0.4) is 0 Å². The predicted molar refractivity (Wildman–Crippen MR) is 165 cm³/mol. The number of halogens is 1. The lowest BCUT2D eigenvalue weighted by atomic mass is 9.80. The first-order valence-corrected chi connectivity index (χ1v) is 14.4. The molecule has 3 rings (SSSR count). The van der Waals surface area contributed by atoms with E-state index in [0.29, 0.717) is 23.6 Å². The molecule has 42 heavy (non-hydrogen) atoms. The monoisotopic (exact) mass is 619 g/mol. The van der Waals surface area contributed by atoms with Gasteiger partial charge < -0.3 is 24.8 Å². The van der Waals surface area contributed by atoms with E-state index in [2.05, 4.69) is 10.6 Å². The molecule has 2 N–H and O–H groups in total. The van der Waals surface area contributed by atoms with Crippen molar-refractivity contribution in [2.45, 2.75) is 43.9 Å². The Balaban J connectivity index is 0.00000616. The van der Waals surface area contributed by atoms with E-state index in [1.807, 2.05) is 30.3 Å². The minimum atomic E-state index is -0.890. The van der Waals surface area contributed by atoms with Crippen molar-refractivity contribution in [2.75, 3.05) is 39.7 Å². The van der Waals surface area contributed by atoms with Crippen molar-refractivity contribution in [3.05, 3.63) is 86.7 Å². The first-order valence-electron chi connectivity index (χ1n) is 13.4. The van der Waals surface area contributed by atoms with Crippen LogP contribution in [0, 0.1) is 10.1 Å². The van der Waals surface area contributed by atoms with Crippen LogP contribution in [0.25, 0.3) is 0 Å². The van der Waals surface area contributed by atoms with Crippen molar-refractivity contribution in [1.82, 2.24) is 10.6 Å². The van der Waals surface area contributed by atoms with Crippen molar-refractivity contribution >= 4 is 41.8 Å².